The van der Waals surface area contributed by atoms with Crippen LogP contribution in [-0.4, -0.2) is 29.7 Å². The maximum absolute atomic E-state index is 11.8. The van der Waals surface area contributed by atoms with Crippen molar-refractivity contribution in [2.75, 3.05) is 13.1 Å². The van der Waals surface area contributed by atoms with E-state index < -0.39 is 5.60 Å². The van der Waals surface area contributed by atoms with Gasteiger partial charge in [-0.2, -0.15) is 0 Å². The summed E-state index contributed by atoms with van der Waals surface area (Å²) in [5.41, 5.74) is 1.04. The Hall–Kier alpha value is -0.990. The lowest BCUT2D eigenvalue weighted by molar-refractivity contribution is 0.0208. The van der Waals surface area contributed by atoms with Gasteiger partial charge >= 0.3 is 6.09 Å². The number of hydrogen-bond acceptors (Lipinski definition) is 2. The molecule has 92 valence electrons. The molecular formula is C13H23NO2. The minimum Gasteiger partial charge on any atom is -0.444 e. The van der Waals surface area contributed by atoms with Crippen LogP contribution in [0.25, 0.3) is 0 Å². The number of amides is 1. The topological polar surface area (TPSA) is 29.5 Å². The molecule has 0 aliphatic carbocycles. The Morgan fingerprint density at radius 2 is 2.12 bits per heavy atom. The van der Waals surface area contributed by atoms with E-state index in [9.17, 15) is 4.79 Å². The summed E-state index contributed by atoms with van der Waals surface area (Å²) in [4.78, 5) is 13.6. The summed E-state index contributed by atoms with van der Waals surface area (Å²) < 4.78 is 5.36. The van der Waals surface area contributed by atoms with Crippen molar-refractivity contribution in [3.8, 4) is 0 Å². The zero-order valence-corrected chi connectivity index (χ0v) is 11.0. The number of carbonyl (C=O) groups excluding carboxylic acids is 1. The van der Waals surface area contributed by atoms with Crippen LogP contribution < -0.4 is 0 Å². The van der Waals surface area contributed by atoms with Crippen LogP contribution >= 0.6 is 0 Å². The van der Waals surface area contributed by atoms with E-state index in [1.807, 2.05) is 25.7 Å². The second-order valence-electron chi connectivity index (χ2n) is 5.44. The van der Waals surface area contributed by atoms with Crippen LogP contribution in [0.2, 0.25) is 0 Å². The van der Waals surface area contributed by atoms with Gasteiger partial charge in [0.05, 0.1) is 0 Å². The van der Waals surface area contributed by atoms with Gasteiger partial charge in [0.15, 0.2) is 0 Å². The van der Waals surface area contributed by atoms with Crippen molar-refractivity contribution >= 4 is 6.09 Å². The molecule has 0 N–H and O–H groups in total. The average molecular weight is 225 g/mol. The van der Waals surface area contributed by atoms with E-state index >= 15 is 0 Å². The Kier molecular flexibility index (Phi) is 4.00. The minimum atomic E-state index is -0.402. The normalized spacial score (nSPS) is 24.7. The maximum atomic E-state index is 11.8. The summed E-state index contributed by atoms with van der Waals surface area (Å²) in [6.45, 7) is 11.5. The number of nitrogens with zero attached hydrogens (tertiary/aromatic N) is 1. The highest BCUT2D eigenvalue weighted by Crippen LogP contribution is 2.23. The molecule has 1 aliphatic heterocycles. The fourth-order valence-corrected chi connectivity index (χ4v) is 1.97. The standard InChI is InChI=1S/C13H23NO2/c1-6-11-7-8-14(9-10(11)2)12(15)16-13(3,4)5/h6,10H,7-9H2,1-5H3/b11-6+. The third kappa shape index (κ3) is 3.54. The number of piperidine rings is 1. The molecule has 0 spiro atoms. The smallest absolute Gasteiger partial charge is 0.410 e. The van der Waals surface area contributed by atoms with E-state index in [0.29, 0.717) is 5.92 Å². The van der Waals surface area contributed by atoms with Gasteiger partial charge in [-0.15, -0.1) is 0 Å². The van der Waals surface area contributed by atoms with E-state index in [1.165, 1.54) is 5.57 Å². The molecule has 0 radical (unpaired) electrons. The van der Waals surface area contributed by atoms with E-state index in [4.69, 9.17) is 4.74 Å². The molecule has 1 saturated heterocycles. The molecule has 16 heavy (non-hydrogen) atoms. The summed E-state index contributed by atoms with van der Waals surface area (Å²) in [6, 6.07) is 0. The number of carbonyl (C=O) groups is 1. The summed E-state index contributed by atoms with van der Waals surface area (Å²) in [5.74, 6) is 0.450. The molecule has 3 nitrogen and oxygen atoms in total. The Morgan fingerprint density at radius 3 is 2.56 bits per heavy atom. The van der Waals surface area contributed by atoms with Crippen molar-refractivity contribution in [3.05, 3.63) is 11.6 Å². The maximum Gasteiger partial charge on any atom is 0.410 e. The van der Waals surface area contributed by atoms with Crippen molar-refractivity contribution in [2.45, 2.75) is 46.6 Å². The number of allylic oxidation sites excluding steroid dienone is 1. The first kappa shape index (κ1) is 13.1. The van der Waals surface area contributed by atoms with Gasteiger partial charge < -0.3 is 9.64 Å². The third-order valence-electron chi connectivity index (χ3n) is 2.82. The second-order valence-corrected chi connectivity index (χ2v) is 5.44. The molecule has 1 heterocycles. The molecule has 1 unspecified atom stereocenters. The van der Waals surface area contributed by atoms with Crippen molar-refractivity contribution in [1.82, 2.24) is 4.90 Å². The van der Waals surface area contributed by atoms with Crippen LogP contribution in [0.15, 0.2) is 11.6 Å². The molecular weight excluding hydrogens is 202 g/mol. The second kappa shape index (κ2) is 4.89. The molecule has 0 bridgehead atoms. The average Bonchev–Trinajstić information content (AvgIpc) is 2.15. The van der Waals surface area contributed by atoms with E-state index in [1.54, 1.807) is 0 Å². The Labute approximate surface area is 98.5 Å². The Bertz CT molecular complexity index is 289. The summed E-state index contributed by atoms with van der Waals surface area (Å²) >= 11 is 0. The van der Waals surface area contributed by atoms with Crippen molar-refractivity contribution < 1.29 is 9.53 Å². The molecule has 1 amide bonds. The van der Waals surface area contributed by atoms with Gasteiger partial charge in [-0.1, -0.05) is 18.6 Å². The molecule has 3 heteroatoms. The van der Waals surface area contributed by atoms with Crippen LogP contribution in [0.3, 0.4) is 0 Å². The predicted molar refractivity (Wildman–Crippen MR) is 65.3 cm³/mol. The van der Waals surface area contributed by atoms with Crippen LogP contribution in [-0.2, 0) is 4.74 Å². The minimum absolute atomic E-state index is 0.186. The highest BCUT2D eigenvalue weighted by molar-refractivity contribution is 5.68. The molecule has 1 rings (SSSR count). The van der Waals surface area contributed by atoms with Crippen molar-refractivity contribution in [2.24, 2.45) is 5.92 Å². The molecule has 0 aromatic heterocycles. The lowest BCUT2D eigenvalue weighted by atomic mass is 9.93. The van der Waals surface area contributed by atoms with E-state index in [-0.39, 0.29) is 6.09 Å². The van der Waals surface area contributed by atoms with Gasteiger partial charge in [0.2, 0.25) is 0 Å². The van der Waals surface area contributed by atoms with E-state index in [0.717, 1.165) is 19.5 Å². The van der Waals surface area contributed by atoms with Gasteiger partial charge in [-0.25, -0.2) is 4.79 Å². The molecule has 0 aromatic rings. The van der Waals surface area contributed by atoms with Gasteiger partial charge in [-0.05, 0) is 40.0 Å². The summed E-state index contributed by atoms with van der Waals surface area (Å²) in [6.07, 6.45) is 2.95. The SMILES string of the molecule is C/C=C1\CCN(C(=O)OC(C)(C)C)CC1C. The zero-order chi connectivity index (χ0) is 12.3. The fraction of sp³-hybridized carbons (Fsp3) is 0.769. The Balaban J connectivity index is 2.55. The summed E-state index contributed by atoms with van der Waals surface area (Å²) in [7, 11) is 0. The van der Waals surface area contributed by atoms with Gasteiger partial charge in [-0.3, -0.25) is 0 Å². The number of likely N-dealkylation sites (tertiary alicyclic amines) is 1. The molecule has 1 atom stereocenters. The van der Waals surface area contributed by atoms with Crippen molar-refractivity contribution in [1.29, 1.82) is 0 Å². The fourth-order valence-electron chi connectivity index (χ4n) is 1.97. The zero-order valence-electron chi connectivity index (χ0n) is 11.0. The lowest BCUT2D eigenvalue weighted by Crippen LogP contribution is -2.43. The first-order chi connectivity index (χ1) is 7.33. The van der Waals surface area contributed by atoms with E-state index in [2.05, 4.69) is 19.9 Å². The Morgan fingerprint density at radius 1 is 1.50 bits per heavy atom. The van der Waals surface area contributed by atoms with Crippen LogP contribution in [0.5, 0.6) is 0 Å². The first-order valence-corrected chi connectivity index (χ1v) is 5.96. The highest BCUT2D eigenvalue weighted by Gasteiger charge is 2.27. The number of rotatable bonds is 0. The third-order valence-corrected chi connectivity index (χ3v) is 2.82. The largest absolute Gasteiger partial charge is 0.444 e. The van der Waals surface area contributed by atoms with Crippen molar-refractivity contribution in [3.63, 3.8) is 0 Å². The quantitative estimate of drug-likeness (QED) is 0.592. The molecule has 0 saturated carbocycles. The van der Waals surface area contributed by atoms with Crippen LogP contribution in [0, 0.1) is 5.92 Å². The summed E-state index contributed by atoms with van der Waals surface area (Å²) in [5, 5.41) is 0. The number of hydrogen-bond donors (Lipinski definition) is 0. The van der Waals surface area contributed by atoms with Gasteiger partial charge in [0.25, 0.3) is 0 Å². The molecule has 1 fully saturated rings. The van der Waals surface area contributed by atoms with Crippen LogP contribution in [0.4, 0.5) is 4.79 Å². The van der Waals surface area contributed by atoms with Gasteiger partial charge in [0.1, 0.15) is 5.60 Å². The highest BCUT2D eigenvalue weighted by atomic mass is 16.6. The number of ether oxygens (including phenoxy) is 1. The lowest BCUT2D eigenvalue weighted by Gasteiger charge is -2.34. The first-order valence-electron chi connectivity index (χ1n) is 5.96. The predicted octanol–water partition coefficient (Wildman–Crippen LogP) is 3.21. The van der Waals surface area contributed by atoms with Gasteiger partial charge in [0, 0.05) is 13.1 Å². The molecule has 1 aliphatic rings. The molecule has 0 aromatic carbocycles. The monoisotopic (exact) mass is 225 g/mol. The van der Waals surface area contributed by atoms with Crippen LogP contribution in [0.1, 0.15) is 41.0 Å².